The van der Waals surface area contributed by atoms with Crippen molar-refractivity contribution >= 4 is 85.8 Å². The van der Waals surface area contributed by atoms with E-state index in [1.54, 1.807) is 0 Å². The van der Waals surface area contributed by atoms with Gasteiger partial charge in [-0.25, -0.2) is 0 Å². The quantitative estimate of drug-likeness (QED) is 0.199. The molecule has 0 aliphatic carbocycles. The van der Waals surface area contributed by atoms with E-state index in [1.807, 2.05) is 23.5 Å². The van der Waals surface area contributed by atoms with Crippen molar-refractivity contribution in [3.63, 3.8) is 0 Å². The molecule has 0 spiro atoms. The Hall–Kier alpha value is 2.45. The number of thioether (sulfide) groups is 3. The van der Waals surface area contributed by atoms with E-state index in [-0.39, 0.29) is 0 Å². The minimum Gasteiger partial charge on any atom is -0.179 e. The molecule has 0 bridgehead atoms. The largest absolute Gasteiger partial charge is 0.179 e. The Bertz CT molecular complexity index is 184. The van der Waals surface area contributed by atoms with Gasteiger partial charge in [0.05, 0.1) is 0 Å². The average Bonchev–Trinajstić information content (AvgIpc) is 2.48. The summed E-state index contributed by atoms with van der Waals surface area (Å²) in [7, 11) is 0. The Balaban J connectivity index is 4.04. The molecule has 0 fully saturated rings. The van der Waals surface area contributed by atoms with Gasteiger partial charge in [-0.1, -0.05) is 0 Å². The van der Waals surface area contributed by atoms with Crippen molar-refractivity contribution in [2.45, 2.75) is 36.2 Å². The molecule has 0 aliphatic heterocycles. The molecule has 128 valence electrons. The van der Waals surface area contributed by atoms with Gasteiger partial charge in [0.15, 0.2) is 0 Å². The van der Waals surface area contributed by atoms with Gasteiger partial charge in [-0.3, -0.25) is 0 Å². The van der Waals surface area contributed by atoms with E-state index in [0.717, 1.165) is 33.5 Å². The molecule has 0 N–H and O–H groups in total. The van der Waals surface area contributed by atoms with E-state index >= 15 is 0 Å². The van der Waals surface area contributed by atoms with Gasteiger partial charge in [-0.05, 0) is 60.2 Å². The van der Waals surface area contributed by atoms with Crippen molar-refractivity contribution in [1.82, 2.24) is 0 Å². The molecule has 0 aromatic heterocycles. The zero-order chi connectivity index (χ0) is 15.8. The molecule has 0 aliphatic rings. The highest BCUT2D eigenvalue weighted by Gasteiger charge is 2.16. The summed E-state index contributed by atoms with van der Waals surface area (Å²) in [4.78, 5) is 0. The Morgan fingerprint density at radius 3 is 1.29 bits per heavy atom. The standard InChI is InChI=1S/C14H30S7/c15-5-1-13(3-9-19-11-7-17)21-14(2-6-16)4-10-20-12-8-18/h13-18H,1-12H2. The van der Waals surface area contributed by atoms with Gasteiger partial charge in [-0.15, -0.1) is 0 Å². The molecule has 0 saturated heterocycles. The lowest BCUT2D eigenvalue weighted by molar-refractivity contribution is 0.765. The van der Waals surface area contributed by atoms with Crippen LogP contribution in [0.1, 0.15) is 25.7 Å². The van der Waals surface area contributed by atoms with Crippen molar-refractivity contribution < 1.29 is 0 Å². The Morgan fingerprint density at radius 1 is 0.524 bits per heavy atom. The van der Waals surface area contributed by atoms with E-state index in [1.165, 1.54) is 48.7 Å². The van der Waals surface area contributed by atoms with Gasteiger partial charge in [0, 0.05) is 22.0 Å². The van der Waals surface area contributed by atoms with Crippen LogP contribution in [0.5, 0.6) is 0 Å². The molecule has 7 heteroatoms. The molecular formula is C14H30S7. The van der Waals surface area contributed by atoms with Gasteiger partial charge in [0.2, 0.25) is 0 Å². The maximum atomic E-state index is 4.44. The fourth-order valence-corrected chi connectivity index (χ4v) is 7.06. The van der Waals surface area contributed by atoms with Crippen LogP contribution < -0.4 is 0 Å². The van der Waals surface area contributed by atoms with Crippen LogP contribution in [0.15, 0.2) is 0 Å². The lowest BCUT2D eigenvalue weighted by atomic mass is 10.2. The lowest BCUT2D eigenvalue weighted by Gasteiger charge is -2.22. The maximum Gasteiger partial charge on any atom is 0.00654 e. The summed E-state index contributed by atoms with van der Waals surface area (Å²) in [5, 5.41) is 1.52. The third kappa shape index (κ3) is 15.7. The first kappa shape index (κ1) is 23.4. The molecule has 0 nitrogen and oxygen atoms in total. The number of hydrogen-bond acceptors (Lipinski definition) is 7. The van der Waals surface area contributed by atoms with E-state index in [0.29, 0.717) is 0 Å². The van der Waals surface area contributed by atoms with E-state index in [2.05, 4.69) is 62.3 Å². The van der Waals surface area contributed by atoms with Crippen molar-refractivity contribution in [1.29, 1.82) is 0 Å². The SMILES string of the molecule is SCCSCCC(CCS)SC(CCS)CCSCCS. The predicted molar refractivity (Wildman–Crippen MR) is 124 cm³/mol. The van der Waals surface area contributed by atoms with Gasteiger partial charge < -0.3 is 0 Å². The van der Waals surface area contributed by atoms with Crippen LogP contribution >= 0.6 is 85.8 Å². The predicted octanol–water partition coefficient (Wildman–Crippen LogP) is 5.20. The van der Waals surface area contributed by atoms with Gasteiger partial charge in [-0.2, -0.15) is 85.8 Å². The lowest BCUT2D eigenvalue weighted by Crippen LogP contribution is -2.15. The number of hydrogen-bond donors (Lipinski definition) is 4. The summed E-state index contributed by atoms with van der Waals surface area (Å²) in [5.41, 5.74) is 0. The first-order valence-electron chi connectivity index (χ1n) is 7.52. The summed E-state index contributed by atoms with van der Waals surface area (Å²) < 4.78 is 0. The summed E-state index contributed by atoms with van der Waals surface area (Å²) in [6.45, 7) is 0. The zero-order valence-electron chi connectivity index (χ0n) is 12.7. The van der Waals surface area contributed by atoms with Crippen LogP contribution in [0, 0.1) is 0 Å². The Labute approximate surface area is 166 Å². The van der Waals surface area contributed by atoms with Crippen molar-refractivity contribution in [2.75, 3.05) is 46.0 Å². The molecule has 0 aromatic carbocycles. The highest BCUT2D eigenvalue weighted by molar-refractivity contribution is 8.01. The summed E-state index contributed by atoms with van der Waals surface area (Å²) in [6, 6.07) is 0. The fraction of sp³-hybridized carbons (Fsp3) is 1.00. The number of rotatable bonds is 16. The normalized spacial score (nSPS) is 14.3. The molecule has 0 heterocycles. The zero-order valence-corrected chi connectivity index (χ0v) is 18.7. The van der Waals surface area contributed by atoms with Crippen LogP contribution in [-0.4, -0.2) is 56.5 Å². The molecule has 2 unspecified atom stereocenters. The Morgan fingerprint density at radius 2 is 0.952 bits per heavy atom. The van der Waals surface area contributed by atoms with Gasteiger partial charge in [0.1, 0.15) is 0 Å². The minimum atomic E-state index is 0.759. The topological polar surface area (TPSA) is 0 Å². The molecule has 0 saturated carbocycles. The molecular weight excluding hydrogens is 393 g/mol. The minimum absolute atomic E-state index is 0.759. The van der Waals surface area contributed by atoms with Crippen LogP contribution in [-0.2, 0) is 0 Å². The van der Waals surface area contributed by atoms with Crippen LogP contribution in [0.2, 0.25) is 0 Å². The second-order valence-corrected chi connectivity index (χ2v) is 10.5. The average molecular weight is 423 g/mol. The van der Waals surface area contributed by atoms with E-state index in [4.69, 9.17) is 0 Å². The van der Waals surface area contributed by atoms with Crippen molar-refractivity contribution in [3.8, 4) is 0 Å². The highest BCUT2D eigenvalue weighted by atomic mass is 32.2. The molecule has 0 amide bonds. The van der Waals surface area contributed by atoms with Gasteiger partial charge >= 0.3 is 0 Å². The molecule has 0 rings (SSSR count). The summed E-state index contributed by atoms with van der Waals surface area (Å²) in [5.74, 6) is 8.82. The second kappa shape index (κ2) is 18.8. The summed E-state index contributed by atoms with van der Waals surface area (Å²) in [6.07, 6.45) is 5.05. The third-order valence-corrected chi connectivity index (χ3v) is 8.24. The molecule has 21 heavy (non-hydrogen) atoms. The summed E-state index contributed by atoms with van der Waals surface area (Å²) >= 11 is 23.7. The monoisotopic (exact) mass is 422 g/mol. The first-order valence-corrected chi connectivity index (χ1v) is 13.3. The third-order valence-electron chi connectivity index (χ3n) is 2.93. The highest BCUT2D eigenvalue weighted by Crippen LogP contribution is 2.30. The van der Waals surface area contributed by atoms with E-state index in [9.17, 15) is 0 Å². The van der Waals surface area contributed by atoms with Crippen LogP contribution in [0.4, 0.5) is 0 Å². The molecule has 2 atom stereocenters. The van der Waals surface area contributed by atoms with E-state index < -0.39 is 0 Å². The van der Waals surface area contributed by atoms with Crippen LogP contribution in [0.3, 0.4) is 0 Å². The Kier molecular flexibility index (Phi) is 21.0. The van der Waals surface area contributed by atoms with Crippen LogP contribution in [0.25, 0.3) is 0 Å². The maximum absolute atomic E-state index is 4.44. The van der Waals surface area contributed by atoms with Crippen molar-refractivity contribution in [3.05, 3.63) is 0 Å². The number of thiol groups is 4. The smallest absolute Gasteiger partial charge is 0.00654 e. The fourth-order valence-electron chi connectivity index (χ4n) is 1.88. The van der Waals surface area contributed by atoms with Crippen molar-refractivity contribution in [2.24, 2.45) is 0 Å². The molecule has 0 aromatic rings. The first-order chi connectivity index (χ1) is 10.3. The second-order valence-electron chi connectivity index (χ2n) is 4.65. The van der Waals surface area contributed by atoms with Gasteiger partial charge in [0.25, 0.3) is 0 Å². The molecule has 0 radical (unpaired) electrons.